The molecule has 2 rings (SSSR count). The lowest BCUT2D eigenvalue weighted by Crippen LogP contribution is -2.33. The number of anilines is 1. The number of methoxy groups -OCH3 is 1. The van der Waals surface area contributed by atoms with Gasteiger partial charge in [-0.05, 0) is 67.4 Å². The van der Waals surface area contributed by atoms with Crippen LogP contribution < -0.4 is 15.4 Å². The predicted octanol–water partition coefficient (Wildman–Crippen LogP) is 4.95. The number of carbonyl (C=O) groups is 1. The summed E-state index contributed by atoms with van der Waals surface area (Å²) >= 11 is 5.51. The molecule has 0 spiro atoms. The van der Waals surface area contributed by atoms with Gasteiger partial charge in [0.15, 0.2) is 5.11 Å². The Morgan fingerprint density at radius 3 is 2.46 bits per heavy atom. The largest absolute Gasteiger partial charge is 0.497 e. The molecule has 28 heavy (non-hydrogen) atoms. The smallest absolute Gasteiger partial charge is 0.338 e. The van der Waals surface area contributed by atoms with Crippen LogP contribution in [0.1, 0.15) is 49.2 Å². The molecule has 0 saturated carbocycles. The second-order valence-electron chi connectivity index (χ2n) is 6.86. The molecule has 0 aromatic heterocycles. The van der Waals surface area contributed by atoms with E-state index in [1.54, 1.807) is 32.2 Å². The van der Waals surface area contributed by atoms with Gasteiger partial charge in [-0.15, -0.1) is 0 Å². The van der Waals surface area contributed by atoms with E-state index >= 15 is 0 Å². The molecule has 2 aromatic carbocycles. The zero-order valence-electron chi connectivity index (χ0n) is 16.8. The van der Waals surface area contributed by atoms with Crippen molar-refractivity contribution in [2.75, 3.05) is 19.0 Å². The van der Waals surface area contributed by atoms with Crippen LogP contribution in [-0.2, 0) is 4.74 Å². The molecular weight excluding hydrogens is 372 g/mol. The molecule has 150 valence electrons. The normalized spacial score (nSPS) is 11.6. The average molecular weight is 401 g/mol. The van der Waals surface area contributed by atoms with Crippen molar-refractivity contribution in [3.63, 3.8) is 0 Å². The minimum Gasteiger partial charge on any atom is -0.497 e. The zero-order chi connectivity index (χ0) is 20.5. The van der Waals surface area contributed by atoms with E-state index in [9.17, 15) is 4.79 Å². The number of thiocarbonyl (C=S) groups is 1. The second-order valence-corrected chi connectivity index (χ2v) is 7.26. The van der Waals surface area contributed by atoms with Crippen LogP contribution in [0.2, 0.25) is 0 Å². The third-order valence-electron chi connectivity index (χ3n) is 4.16. The van der Waals surface area contributed by atoms with Gasteiger partial charge >= 0.3 is 5.97 Å². The van der Waals surface area contributed by atoms with Gasteiger partial charge in [-0.2, -0.15) is 0 Å². The van der Waals surface area contributed by atoms with Crippen LogP contribution in [0, 0.1) is 5.92 Å². The summed E-state index contributed by atoms with van der Waals surface area (Å²) in [6.07, 6.45) is 0.928. The van der Waals surface area contributed by atoms with Crippen molar-refractivity contribution in [1.29, 1.82) is 0 Å². The molecule has 0 aliphatic heterocycles. The zero-order valence-corrected chi connectivity index (χ0v) is 17.6. The van der Waals surface area contributed by atoms with Crippen molar-refractivity contribution in [2.24, 2.45) is 5.92 Å². The van der Waals surface area contributed by atoms with Gasteiger partial charge in [-0.25, -0.2) is 4.79 Å². The van der Waals surface area contributed by atoms with E-state index < -0.39 is 0 Å². The third-order valence-corrected chi connectivity index (χ3v) is 4.38. The maximum Gasteiger partial charge on any atom is 0.338 e. The fourth-order valence-electron chi connectivity index (χ4n) is 2.85. The summed E-state index contributed by atoms with van der Waals surface area (Å²) in [5, 5.41) is 7.05. The van der Waals surface area contributed by atoms with E-state index in [-0.39, 0.29) is 12.0 Å². The average Bonchev–Trinajstić information content (AvgIpc) is 2.67. The van der Waals surface area contributed by atoms with Gasteiger partial charge in [-0.3, -0.25) is 0 Å². The fraction of sp³-hybridized carbons (Fsp3) is 0.364. The molecule has 6 heteroatoms. The van der Waals surface area contributed by atoms with Gasteiger partial charge in [0.2, 0.25) is 0 Å². The predicted molar refractivity (Wildman–Crippen MR) is 117 cm³/mol. The van der Waals surface area contributed by atoms with E-state index in [4.69, 9.17) is 21.7 Å². The lowest BCUT2D eigenvalue weighted by Gasteiger charge is -2.23. The van der Waals surface area contributed by atoms with Crippen LogP contribution in [-0.4, -0.2) is 24.8 Å². The van der Waals surface area contributed by atoms with Crippen LogP contribution in [0.15, 0.2) is 48.5 Å². The van der Waals surface area contributed by atoms with Crippen LogP contribution in [0.3, 0.4) is 0 Å². The molecule has 1 atom stereocenters. The number of benzene rings is 2. The SMILES string of the molecule is CCOC(=O)c1cccc(NC(=S)N[C@@H](CC(C)C)c2ccc(OC)cc2)c1. The van der Waals surface area contributed by atoms with E-state index in [0.717, 1.165) is 23.4 Å². The summed E-state index contributed by atoms with van der Waals surface area (Å²) in [5.74, 6) is 0.971. The maximum absolute atomic E-state index is 11.9. The number of esters is 1. The van der Waals surface area contributed by atoms with Crippen LogP contribution in [0.25, 0.3) is 0 Å². The van der Waals surface area contributed by atoms with Crippen molar-refractivity contribution >= 4 is 29.0 Å². The maximum atomic E-state index is 11.9. The third kappa shape index (κ3) is 6.53. The summed E-state index contributed by atoms with van der Waals surface area (Å²) in [6, 6.07) is 15.2. The fourth-order valence-corrected chi connectivity index (χ4v) is 3.11. The summed E-state index contributed by atoms with van der Waals surface area (Å²) in [5.41, 5.74) is 2.36. The number of hydrogen-bond donors (Lipinski definition) is 2. The Kier molecular flexibility index (Phi) is 8.26. The molecule has 2 N–H and O–H groups in total. The van der Waals surface area contributed by atoms with Crippen molar-refractivity contribution in [2.45, 2.75) is 33.2 Å². The minimum atomic E-state index is -0.346. The summed E-state index contributed by atoms with van der Waals surface area (Å²) in [4.78, 5) is 11.9. The van der Waals surface area contributed by atoms with Crippen molar-refractivity contribution in [3.05, 3.63) is 59.7 Å². The van der Waals surface area contributed by atoms with E-state index in [2.05, 4.69) is 24.5 Å². The molecule has 0 amide bonds. The molecule has 0 saturated heterocycles. The molecule has 0 fully saturated rings. The number of rotatable bonds is 8. The molecule has 0 unspecified atom stereocenters. The quantitative estimate of drug-likeness (QED) is 0.483. The summed E-state index contributed by atoms with van der Waals surface area (Å²) in [7, 11) is 1.66. The van der Waals surface area contributed by atoms with Crippen molar-refractivity contribution in [3.8, 4) is 5.75 Å². The van der Waals surface area contributed by atoms with E-state index in [1.165, 1.54) is 0 Å². The Labute approximate surface area is 172 Å². The van der Waals surface area contributed by atoms with Gasteiger partial charge < -0.3 is 20.1 Å². The van der Waals surface area contributed by atoms with E-state index in [1.807, 2.05) is 30.3 Å². The molecule has 0 aliphatic carbocycles. The van der Waals surface area contributed by atoms with Crippen molar-refractivity contribution in [1.82, 2.24) is 5.32 Å². The molecular formula is C22H28N2O3S. The van der Waals surface area contributed by atoms with Crippen LogP contribution in [0.4, 0.5) is 5.69 Å². The monoisotopic (exact) mass is 400 g/mol. The molecule has 0 aliphatic rings. The van der Waals surface area contributed by atoms with Gasteiger partial charge in [0.05, 0.1) is 25.3 Å². The first-order chi connectivity index (χ1) is 13.4. The summed E-state index contributed by atoms with van der Waals surface area (Å²) < 4.78 is 10.3. The highest BCUT2D eigenvalue weighted by atomic mass is 32.1. The number of hydrogen-bond acceptors (Lipinski definition) is 4. The Morgan fingerprint density at radius 2 is 1.86 bits per heavy atom. The Bertz CT molecular complexity index is 791. The summed E-state index contributed by atoms with van der Waals surface area (Å²) in [6.45, 7) is 6.48. The Hall–Kier alpha value is -2.60. The van der Waals surface area contributed by atoms with Gasteiger partial charge in [0.1, 0.15) is 5.75 Å². The first-order valence-electron chi connectivity index (χ1n) is 9.41. The minimum absolute atomic E-state index is 0.0687. The van der Waals surface area contributed by atoms with Gasteiger partial charge in [0, 0.05) is 5.69 Å². The van der Waals surface area contributed by atoms with Crippen molar-refractivity contribution < 1.29 is 14.3 Å². The molecule has 0 bridgehead atoms. The molecule has 0 radical (unpaired) electrons. The van der Waals surface area contributed by atoms with E-state index in [0.29, 0.717) is 23.2 Å². The molecule has 5 nitrogen and oxygen atoms in total. The van der Waals surface area contributed by atoms with Crippen LogP contribution >= 0.6 is 12.2 Å². The Balaban J connectivity index is 2.08. The highest BCUT2D eigenvalue weighted by Crippen LogP contribution is 2.24. The topological polar surface area (TPSA) is 59.6 Å². The molecule has 2 aromatic rings. The highest BCUT2D eigenvalue weighted by Gasteiger charge is 2.15. The standard InChI is InChI=1S/C22H28N2O3S/c1-5-27-21(25)17-7-6-8-18(14-17)23-22(28)24-20(13-15(2)3)16-9-11-19(26-4)12-10-16/h6-12,14-15,20H,5,13H2,1-4H3,(H2,23,24,28)/t20-/m0/s1. The van der Waals surface area contributed by atoms with Gasteiger partial charge in [-0.1, -0.05) is 32.0 Å². The Morgan fingerprint density at radius 1 is 1.14 bits per heavy atom. The lowest BCUT2D eigenvalue weighted by atomic mass is 9.97. The lowest BCUT2D eigenvalue weighted by molar-refractivity contribution is 0.0526. The van der Waals surface area contributed by atoms with Crippen LogP contribution in [0.5, 0.6) is 5.75 Å². The first kappa shape index (κ1) is 21.7. The van der Waals surface area contributed by atoms with Gasteiger partial charge in [0.25, 0.3) is 0 Å². The highest BCUT2D eigenvalue weighted by molar-refractivity contribution is 7.80. The first-order valence-corrected chi connectivity index (χ1v) is 9.82. The second kappa shape index (κ2) is 10.7. The number of nitrogens with one attached hydrogen (secondary N) is 2. The number of carbonyl (C=O) groups excluding carboxylic acids is 1. The molecule has 0 heterocycles. The number of ether oxygens (including phenoxy) is 2.